The van der Waals surface area contributed by atoms with E-state index in [0.717, 1.165) is 11.8 Å². The Bertz CT molecular complexity index is 174. The average molecular weight is 211 g/mol. The van der Waals surface area contributed by atoms with Crippen molar-refractivity contribution in [2.75, 3.05) is 13.1 Å². The molecule has 1 N–H and O–H groups in total. The van der Waals surface area contributed by atoms with Crippen LogP contribution in [-0.2, 0) is 0 Å². The van der Waals surface area contributed by atoms with Gasteiger partial charge in [-0.15, -0.1) is 0 Å². The van der Waals surface area contributed by atoms with Gasteiger partial charge in [-0.3, -0.25) is 0 Å². The molecule has 0 aliphatic carbocycles. The highest BCUT2D eigenvalue weighted by atomic mass is 14.9. The van der Waals surface area contributed by atoms with Crippen molar-refractivity contribution in [1.82, 2.24) is 5.32 Å². The monoisotopic (exact) mass is 211 g/mol. The van der Waals surface area contributed by atoms with Crippen LogP contribution in [0, 0.1) is 17.3 Å². The molecule has 1 fully saturated rings. The molecule has 0 aromatic rings. The zero-order valence-corrected chi connectivity index (χ0v) is 11.1. The lowest BCUT2D eigenvalue weighted by atomic mass is 9.67. The van der Waals surface area contributed by atoms with E-state index in [4.69, 9.17) is 0 Å². The summed E-state index contributed by atoms with van der Waals surface area (Å²) < 4.78 is 0. The van der Waals surface area contributed by atoms with Crippen LogP contribution in [0.1, 0.15) is 59.8 Å². The Kier molecular flexibility index (Phi) is 5.11. The van der Waals surface area contributed by atoms with E-state index in [9.17, 15) is 0 Å². The van der Waals surface area contributed by atoms with Crippen LogP contribution in [-0.4, -0.2) is 13.1 Å². The standard InChI is InChI=1S/C14H29N/c1-5-6-13-11-15-10-9-14(13,4)8-7-12(2)3/h12-13,15H,5-11H2,1-4H3. The summed E-state index contributed by atoms with van der Waals surface area (Å²) in [7, 11) is 0. The third kappa shape index (κ3) is 3.79. The zero-order valence-electron chi connectivity index (χ0n) is 11.1. The van der Waals surface area contributed by atoms with Crippen LogP contribution in [0.25, 0.3) is 0 Å². The predicted octanol–water partition coefficient (Wildman–Crippen LogP) is 3.84. The quantitative estimate of drug-likeness (QED) is 0.728. The normalized spacial score (nSPS) is 32.2. The molecular weight excluding hydrogens is 182 g/mol. The molecule has 0 aromatic carbocycles. The van der Waals surface area contributed by atoms with Crippen molar-refractivity contribution in [3.63, 3.8) is 0 Å². The number of hydrogen-bond acceptors (Lipinski definition) is 1. The Labute approximate surface area is 96.0 Å². The van der Waals surface area contributed by atoms with E-state index in [1.807, 2.05) is 0 Å². The molecule has 0 spiro atoms. The van der Waals surface area contributed by atoms with Crippen molar-refractivity contribution < 1.29 is 0 Å². The summed E-state index contributed by atoms with van der Waals surface area (Å²) in [6.45, 7) is 12.0. The third-order valence-electron chi connectivity index (χ3n) is 4.18. The first kappa shape index (κ1) is 13.0. The summed E-state index contributed by atoms with van der Waals surface area (Å²) in [5.74, 6) is 1.77. The Balaban J connectivity index is 2.51. The van der Waals surface area contributed by atoms with Gasteiger partial charge in [0.15, 0.2) is 0 Å². The molecule has 1 aliphatic rings. The summed E-state index contributed by atoms with van der Waals surface area (Å²) in [6.07, 6.45) is 6.95. The van der Waals surface area contributed by atoms with Crippen LogP contribution in [0.2, 0.25) is 0 Å². The Hall–Kier alpha value is -0.0400. The van der Waals surface area contributed by atoms with Gasteiger partial charge in [-0.05, 0) is 49.6 Å². The highest BCUT2D eigenvalue weighted by Gasteiger charge is 2.35. The van der Waals surface area contributed by atoms with Crippen LogP contribution in [0.5, 0.6) is 0 Å². The van der Waals surface area contributed by atoms with E-state index in [1.54, 1.807) is 0 Å². The Morgan fingerprint density at radius 1 is 1.40 bits per heavy atom. The van der Waals surface area contributed by atoms with E-state index in [2.05, 4.69) is 33.0 Å². The lowest BCUT2D eigenvalue weighted by Gasteiger charge is -2.42. The number of rotatable bonds is 5. The minimum Gasteiger partial charge on any atom is -0.316 e. The van der Waals surface area contributed by atoms with Gasteiger partial charge >= 0.3 is 0 Å². The molecule has 0 amide bonds. The number of piperidine rings is 1. The zero-order chi connectivity index (χ0) is 11.3. The maximum Gasteiger partial charge on any atom is -0.00153 e. The fraction of sp³-hybridized carbons (Fsp3) is 1.00. The highest BCUT2D eigenvalue weighted by molar-refractivity contribution is 4.88. The minimum absolute atomic E-state index is 0.617. The number of nitrogens with one attached hydrogen (secondary N) is 1. The fourth-order valence-electron chi connectivity index (χ4n) is 2.85. The van der Waals surface area contributed by atoms with Crippen molar-refractivity contribution >= 4 is 0 Å². The summed E-state index contributed by atoms with van der Waals surface area (Å²) >= 11 is 0. The first-order valence-electron chi connectivity index (χ1n) is 6.79. The largest absolute Gasteiger partial charge is 0.316 e. The topological polar surface area (TPSA) is 12.0 Å². The van der Waals surface area contributed by atoms with Crippen LogP contribution < -0.4 is 5.32 Å². The summed E-state index contributed by atoms with van der Waals surface area (Å²) in [5.41, 5.74) is 0.617. The van der Waals surface area contributed by atoms with Gasteiger partial charge in [0.05, 0.1) is 0 Å². The average Bonchev–Trinajstić information content (AvgIpc) is 2.19. The number of hydrogen-bond donors (Lipinski definition) is 1. The summed E-state index contributed by atoms with van der Waals surface area (Å²) in [6, 6.07) is 0. The maximum atomic E-state index is 3.56. The lowest BCUT2D eigenvalue weighted by Crippen LogP contribution is -2.43. The van der Waals surface area contributed by atoms with Gasteiger partial charge in [-0.25, -0.2) is 0 Å². The third-order valence-corrected chi connectivity index (χ3v) is 4.18. The van der Waals surface area contributed by atoms with Crippen LogP contribution in [0.15, 0.2) is 0 Å². The van der Waals surface area contributed by atoms with Gasteiger partial charge in [0.2, 0.25) is 0 Å². The molecule has 0 aromatic heterocycles. The van der Waals surface area contributed by atoms with Crippen molar-refractivity contribution in [1.29, 1.82) is 0 Å². The van der Waals surface area contributed by atoms with E-state index >= 15 is 0 Å². The Morgan fingerprint density at radius 3 is 2.73 bits per heavy atom. The second kappa shape index (κ2) is 5.89. The lowest BCUT2D eigenvalue weighted by molar-refractivity contribution is 0.102. The molecule has 1 nitrogen and oxygen atoms in total. The molecule has 0 bridgehead atoms. The van der Waals surface area contributed by atoms with Gasteiger partial charge < -0.3 is 5.32 Å². The van der Waals surface area contributed by atoms with Gasteiger partial charge in [0.25, 0.3) is 0 Å². The van der Waals surface area contributed by atoms with Crippen molar-refractivity contribution in [2.45, 2.75) is 59.8 Å². The molecule has 1 aliphatic heterocycles. The van der Waals surface area contributed by atoms with E-state index in [0.29, 0.717) is 5.41 Å². The molecule has 1 heterocycles. The summed E-state index contributed by atoms with van der Waals surface area (Å²) in [5, 5.41) is 3.56. The molecular formula is C14H29N. The summed E-state index contributed by atoms with van der Waals surface area (Å²) in [4.78, 5) is 0. The van der Waals surface area contributed by atoms with E-state index in [1.165, 1.54) is 45.2 Å². The smallest absolute Gasteiger partial charge is 0.00153 e. The van der Waals surface area contributed by atoms with Crippen LogP contribution in [0.4, 0.5) is 0 Å². The van der Waals surface area contributed by atoms with Crippen molar-refractivity contribution in [3.05, 3.63) is 0 Å². The van der Waals surface area contributed by atoms with Crippen LogP contribution >= 0.6 is 0 Å². The van der Waals surface area contributed by atoms with E-state index in [-0.39, 0.29) is 0 Å². The molecule has 1 saturated heterocycles. The minimum atomic E-state index is 0.617. The van der Waals surface area contributed by atoms with Gasteiger partial charge in [0, 0.05) is 0 Å². The molecule has 2 atom stereocenters. The maximum absolute atomic E-state index is 3.56. The molecule has 1 heteroatoms. The first-order chi connectivity index (χ1) is 7.08. The molecule has 0 saturated carbocycles. The molecule has 1 rings (SSSR count). The predicted molar refractivity (Wildman–Crippen MR) is 68.1 cm³/mol. The molecule has 0 radical (unpaired) electrons. The Morgan fingerprint density at radius 2 is 2.13 bits per heavy atom. The molecule has 15 heavy (non-hydrogen) atoms. The molecule has 2 unspecified atom stereocenters. The van der Waals surface area contributed by atoms with Crippen molar-refractivity contribution in [3.8, 4) is 0 Å². The fourth-order valence-corrected chi connectivity index (χ4v) is 2.85. The first-order valence-corrected chi connectivity index (χ1v) is 6.79. The van der Waals surface area contributed by atoms with Crippen molar-refractivity contribution in [2.24, 2.45) is 17.3 Å². The van der Waals surface area contributed by atoms with Gasteiger partial charge in [-0.2, -0.15) is 0 Å². The SMILES string of the molecule is CCCC1CNCCC1(C)CCC(C)C. The van der Waals surface area contributed by atoms with E-state index < -0.39 is 0 Å². The molecule has 90 valence electrons. The second-order valence-electron chi connectivity index (χ2n) is 6.03. The van der Waals surface area contributed by atoms with Gasteiger partial charge in [-0.1, -0.05) is 40.5 Å². The highest BCUT2D eigenvalue weighted by Crippen LogP contribution is 2.41. The van der Waals surface area contributed by atoms with Gasteiger partial charge in [0.1, 0.15) is 0 Å². The second-order valence-corrected chi connectivity index (χ2v) is 6.03. The van der Waals surface area contributed by atoms with Crippen LogP contribution in [0.3, 0.4) is 0 Å².